The minimum atomic E-state index is -1.46. The molecular formula is C8H11FO2S. The van der Waals surface area contributed by atoms with E-state index in [9.17, 15) is 9.18 Å². The lowest BCUT2D eigenvalue weighted by Crippen LogP contribution is -2.31. The molecule has 0 aliphatic heterocycles. The fraction of sp³-hybridized carbons (Fsp3) is 0.625. The molecule has 1 aliphatic rings. The Balaban J connectivity index is 2.69. The molecule has 0 atom stereocenters. The predicted molar refractivity (Wildman–Crippen MR) is 46.9 cm³/mol. The third kappa shape index (κ3) is 1.80. The summed E-state index contributed by atoms with van der Waals surface area (Å²) in [5.41, 5.74) is 0. The SMILES string of the molecule is CSC1(/C=C(/F)C(=O)O)CCC1. The fourth-order valence-corrected chi connectivity index (χ4v) is 2.14. The molecule has 1 N–H and O–H groups in total. The van der Waals surface area contributed by atoms with Gasteiger partial charge in [-0.1, -0.05) is 6.42 Å². The number of aliphatic carboxylic acids is 1. The number of carboxylic acid groups (broad SMARTS) is 1. The number of hydrogen-bond acceptors (Lipinski definition) is 2. The normalized spacial score (nSPS) is 21.7. The summed E-state index contributed by atoms with van der Waals surface area (Å²) >= 11 is 1.53. The maximum absolute atomic E-state index is 12.7. The van der Waals surface area contributed by atoms with Crippen LogP contribution in [-0.2, 0) is 4.79 Å². The summed E-state index contributed by atoms with van der Waals surface area (Å²) in [7, 11) is 0. The zero-order chi connectivity index (χ0) is 9.19. The Hall–Kier alpha value is -0.510. The molecule has 0 heterocycles. The van der Waals surface area contributed by atoms with E-state index >= 15 is 0 Å². The molecule has 1 aliphatic carbocycles. The van der Waals surface area contributed by atoms with Gasteiger partial charge in [0.15, 0.2) is 0 Å². The van der Waals surface area contributed by atoms with Crippen LogP contribution in [-0.4, -0.2) is 22.1 Å². The summed E-state index contributed by atoms with van der Waals surface area (Å²) in [5, 5.41) is 8.31. The molecule has 0 amide bonds. The molecule has 1 fully saturated rings. The van der Waals surface area contributed by atoms with E-state index in [1.54, 1.807) is 0 Å². The maximum atomic E-state index is 12.7. The van der Waals surface area contributed by atoms with Crippen molar-refractivity contribution >= 4 is 17.7 Å². The monoisotopic (exact) mass is 190 g/mol. The van der Waals surface area contributed by atoms with Crippen LogP contribution in [0.15, 0.2) is 11.9 Å². The topological polar surface area (TPSA) is 37.3 Å². The summed E-state index contributed by atoms with van der Waals surface area (Å²) in [6.45, 7) is 0. The van der Waals surface area contributed by atoms with Crippen molar-refractivity contribution in [1.29, 1.82) is 0 Å². The number of rotatable bonds is 3. The number of carbonyl (C=O) groups is 1. The van der Waals surface area contributed by atoms with Crippen molar-refractivity contribution in [2.75, 3.05) is 6.26 Å². The summed E-state index contributed by atoms with van der Waals surface area (Å²) in [4.78, 5) is 10.2. The molecule has 0 radical (unpaired) electrons. The standard InChI is InChI=1S/C8H11FO2S/c1-12-8(3-2-4-8)5-6(9)7(10)11/h5H,2-4H2,1H3,(H,10,11)/b6-5+. The molecule has 0 aromatic heterocycles. The first kappa shape index (κ1) is 9.58. The first-order chi connectivity index (χ1) is 5.59. The van der Waals surface area contributed by atoms with Gasteiger partial charge in [-0.15, -0.1) is 0 Å². The van der Waals surface area contributed by atoms with Gasteiger partial charge in [0, 0.05) is 4.75 Å². The second-order valence-electron chi connectivity index (χ2n) is 2.92. The Morgan fingerprint density at radius 2 is 2.25 bits per heavy atom. The number of halogens is 1. The van der Waals surface area contributed by atoms with Crippen LogP contribution in [0.4, 0.5) is 4.39 Å². The Labute approximate surface area is 74.8 Å². The van der Waals surface area contributed by atoms with Crippen molar-refractivity contribution in [3.63, 3.8) is 0 Å². The smallest absolute Gasteiger partial charge is 0.364 e. The Kier molecular flexibility index (Phi) is 2.77. The van der Waals surface area contributed by atoms with Gasteiger partial charge < -0.3 is 5.11 Å². The van der Waals surface area contributed by atoms with E-state index in [1.807, 2.05) is 6.26 Å². The third-order valence-corrected chi connectivity index (χ3v) is 3.54. The van der Waals surface area contributed by atoms with E-state index in [0.29, 0.717) is 0 Å². The average Bonchev–Trinajstić information content (AvgIpc) is 1.96. The van der Waals surface area contributed by atoms with Gasteiger partial charge >= 0.3 is 5.97 Å². The van der Waals surface area contributed by atoms with Gasteiger partial charge in [0.25, 0.3) is 0 Å². The highest BCUT2D eigenvalue weighted by molar-refractivity contribution is 8.00. The van der Waals surface area contributed by atoms with Crippen LogP contribution in [0.2, 0.25) is 0 Å². The van der Waals surface area contributed by atoms with Crippen LogP contribution < -0.4 is 0 Å². The summed E-state index contributed by atoms with van der Waals surface area (Å²) in [6.07, 6.45) is 5.95. The van der Waals surface area contributed by atoms with Crippen molar-refractivity contribution in [3.05, 3.63) is 11.9 Å². The minimum Gasteiger partial charge on any atom is -0.476 e. The summed E-state index contributed by atoms with van der Waals surface area (Å²) in [6, 6.07) is 0. The van der Waals surface area contributed by atoms with E-state index in [2.05, 4.69) is 0 Å². The van der Waals surface area contributed by atoms with Gasteiger partial charge in [0.1, 0.15) is 0 Å². The Morgan fingerprint density at radius 3 is 2.50 bits per heavy atom. The van der Waals surface area contributed by atoms with Gasteiger partial charge in [0.05, 0.1) is 0 Å². The molecule has 0 unspecified atom stereocenters. The molecule has 1 saturated carbocycles. The highest BCUT2D eigenvalue weighted by atomic mass is 32.2. The lowest BCUT2D eigenvalue weighted by atomic mass is 9.84. The van der Waals surface area contributed by atoms with Crippen molar-refractivity contribution in [1.82, 2.24) is 0 Å². The highest BCUT2D eigenvalue weighted by Crippen LogP contribution is 2.44. The van der Waals surface area contributed by atoms with Crippen molar-refractivity contribution in [3.8, 4) is 0 Å². The van der Waals surface area contributed by atoms with Crippen LogP contribution in [0.1, 0.15) is 19.3 Å². The minimum absolute atomic E-state index is 0.234. The number of thioether (sulfide) groups is 1. The van der Waals surface area contributed by atoms with Gasteiger partial charge in [-0.25, -0.2) is 4.79 Å². The quantitative estimate of drug-likeness (QED) is 0.693. The average molecular weight is 190 g/mol. The molecule has 4 heteroatoms. The first-order valence-electron chi connectivity index (χ1n) is 3.76. The van der Waals surface area contributed by atoms with Crippen LogP contribution in [0, 0.1) is 0 Å². The second-order valence-corrected chi connectivity index (χ2v) is 4.14. The Bertz CT molecular complexity index is 216. The zero-order valence-corrected chi connectivity index (χ0v) is 7.66. The highest BCUT2D eigenvalue weighted by Gasteiger charge is 2.35. The van der Waals surface area contributed by atoms with Gasteiger partial charge in [-0.3, -0.25) is 0 Å². The largest absolute Gasteiger partial charge is 0.476 e. The molecule has 0 saturated heterocycles. The van der Waals surface area contributed by atoms with E-state index in [-0.39, 0.29) is 4.75 Å². The molecule has 2 nitrogen and oxygen atoms in total. The predicted octanol–water partition coefficient (Wildman–Crippen LogP) is 2.21. The molecule has 0 aromatic rings. The fourth-order valence-electron chi connectivity index (χ4n) is 1.23. The summed E-state index contributed by atoms with van der Waals surface area (Å²) in [5.74, 6) is -2.49. The van der Waals surface area contributed by atoms with Crippen LogP contribution in [0.25, 0.3) is 0 Å². The first-order valence-corrected chi connectivity index (χ1v) is 4.99. The molecule has 0 bridgehead atoms. The lowest BCUT2D eigenvalue weighted by Gasteiger charge is -2.37. The molecule has 68 valence electrons. The zero-order valence-electron chi connectivity index (χ0n) is 6.84. The third-order valence-electron chi connectivity index (χ3n) is 2.20. The molecule has 0 spiro atoms. The number of hydrogen-bond donors (Lipinski definition) is 1. The molecule has 1 rings (SSSR count). The lowest BCUT2D eigenvalue weighted by molar-refractivity contribution is -0.134. The van der Waals surface area contributed by atoms with Crippen LogP contribution in [0.3, 0.4) is 0 Å². The van der Waals surface area contributed by atoms with E-state index in [0.717, 1.165) is 19.3 Å². The summed E-state index contributed by atoms with van der Waals surface area (Å²) < 4.78 is 12.4. The maximum Gasteiger partial charge on any atom is 0.364 e. The molecule has 12 heavy (non-hydrogen) atoms. The van der Waals surface area contributed by atoms with Gasteiger partial charge in [-0.2, -0.15) is 16.2 Å². The van der Waals surface area contributed by atoms with E-state index < -0.39 is 11.8 Å². The van der Waals surface area contributed by atoms with Gasteiger partial charge in [0.2, 0.25) is 5.83 Å². The van der Waals surface area contributed by atoms with Crippen LogP contribution in [0.5, 0.6) is 0 Å². The van der Waals surface area contributed by atoms with Crippen molar-refractivity contribution < 1.29 is 14.3 Å². The van der Waals surface area contributed by atoms with E-state index in [4.69, 9.17) is 5.11 Å². The van der Waals surface area contributed by atoms with Gasteiger partial charge in [-0.05, 0) is 25.2 Å². The van der Waals surface area contributed by atoms with Crippen molar-refractivity contribution in [2.45, 2.75) is 24.0 Å². The van der Waals surface area contributed by atoms with Crippen molar-refractivity contribution in [2.24, 2.45) is 0 Å². The Morgan fingerprint density at radius 1 is 1.67 bits per heavy atom. The van der Waals surface area contributed by atoms with E-state index in [1.165, 1.54) is 17.8 Å². The molecule has 0 aromatic carbocycles. The van der Waals surface area contributed by atoms with Crippen LogP contribution >= 0.6 is 11.8 Å². The molecular weight excluding hydrogens is 179 g/mol. The second kappa shape index (κ2) is 3.47. The number of carboxylic acids is 1.